The van der Waals surface area contributed by atoms with Crippen molar-refractivity contribution in [3.63, 3.8) is 0 Å². The Morgan fingerprint density at radius 1 is 0.550 bits per heavy atom. The van der Waals surface area contributed by atoms with Crippen LogP contribution in [0.25, 0.3) is 5.57 Å². The van der Waals surface area contributed by atoms with Crippen LogP contribution >= 0.6 is 12.1 Å². The molecule has 0 heterocycles. The third-order valence-electron chi connectivity index (χ3n) is 7.14. The molecule has 5 rings (SSSR count). The monoisotopic (exact) mass is 594 g/mol. The highest BCUT2D eigenvalue weighted by molar-refractivity contribution is 8.22. The van der Waals surface area contributed by atoms with Crippen molar-refractivity contribution in [1.82, 2.24) is 0 Å². The van der Waals surface area contributed by atoms with Gasteiger partial charge in [0.15, 0.2) is 0 Å². The SMILES string of the molecule is COc1ccc(/C(=C/CP(=S)(c2ccccc2)c2ccccc2)CP(=S)(c2ccccc2)c2ccccc2)cc1. The van der Waals surface area contributed by atoms with Gasteiger partial charge < -0.3 is 4.74 Å². The van der Waals surface area contributed by atoms with Crippen molar-refractivity contribution < 1.29 is 4.74 Å². The van der Waals surface area contributed by atoms with Crippen molar-refractivity contribution in [3.8, 4) is 5.75 Å². The molecule has 0 unspecified atom stereocenters. The lowest BCUT2D eigenvalue weighted by Crippen LogP contribution is -2.20. The van der Waals surface area contributed by atoms with Crippen LogP contribution < -0.4 is 26.0 Å². The Morgan fingerprint density at radius 2 is 0.925 bits per heavy atom. The van der Waals surface area contributed by atoms with E-state index in [0.717, 1.165) is 23.6 Å². The average Bonchev–Trinajstić information content (AvgIpc) is 3.04. The number of hydrogen-bond donors (Lipinski definition) is 0. The predicted molar refractivity (Wildman–Crippen MR) is 184 cm³/mol. The van der Waals surface area contributed by atoms with Crippen LogP contribution in [0.4, 0.5) is 0 Å². The maximum Gasteiger partial charge on any atom is 0.118 e. The number of benzene rings is 5. The molecular weight excluding hydrogens is 562 g/mol. The molecule has 200 valence electrons. The van der Waals surface area contributed by atoms with Crippen molar-refractivity contribution in [1.29, 1.82) is 0 Å². The molecule has 0 saturated carbocycles. The van der Waals surface area contributed by atoms with Crippen LogP contribution in [-0.2, 0) is 23.6 Å². The normalized spacial score (nSPS) is 12.2. The quantitative estimate of drug-likeness (QED) is 0.157. The average molecular weight is 595 g/mol. The van der Waals surface area contributed by atoms with Gasteiger partial charge in [-0.15, -0.1) is 0 Å². The van der Waals surface area contributed by atoms with E-state index < -0.39 is 12.1 Å². The second kappa shape index (κ2) is 13.1. The van der Waals surface area contributed by atoms with Crippen molar-refractivity contribution >= 4 is 62.5 Å². The maximum atomic E-state index is 6.68. The van der Waals surface area contributed by atoms with Gasteiger partial charge in [-0.2, -0.15) is 0 Å². The van der Waals surface area contributed by atoms with E-state index in [2.05, 4.69) is 140 Å². The van der Waals surface area contributed by atoms with Gasteiger partial charge in [0.05, 0.1) is 7.11 Å². The molecule has 0 aromatic heterocycles. The van der Waals surface area contributed by atoms with Gasteiger partial charge in [0.1, 0.15) is 5.75 Å². The van der Waals surface area contributed by atoms with Gasteiger partial charge in [0, 0.05) is 24.4 Å². The van der Waals surface area contributed by atoms with Crippen LogP contribution in [0.15, 0.2) is 152 Å². The van der Waals surface area contributed by atoms with Gasteiger partial charge in [-0.3, -0.25) is 0 Å². The highest BCUT2D eigenvalue weighted by atomic mass is 32.4. The smallest absolute Gasteiger partial charge is 0.118 e. The lowest BCUT2D eigenvalue weighted by Gasteiger charge is -2.27. The van der Waals surface area contributed by atoms with Gasteiger partial charge in [-0.05, 0) is 44.5 Å². The van der Waals surface area contributed by atoms with Crippen molar-refractivity contribution in [2.24, 2.45) is 0 Å². The highest BCUT2D eigenvalue weighted by Crippen LogP contribution is 2.49. The Hall–Kier alpha value is -3.06. The van der Waals surface area contributed by atoms with Gasteiger partial charge in [-0.1, -0.05) is 163 Å². The van der Waals surface area contributed by atoms with Crippen LogP contribution in [0, 0.1) is 0 Å². The van der Waals surface area contributed by atoms with Crippen LogP contribution in [0.1, 0.15) is 5.56 Å². The summed E-state index contributed by atoms with van der Waals surface area (Å²) >= 11 is 13.3. The van der Waals surface area contributed by atoms with E-state index in [9.17, 15) is 0 Å². The molecule has 0 N–H and O–H groups in total. The van der Waals surface area contributed by atoms with Crippen LogP contribution in [-0.4, -0.2) is 19.4 Å². The van der Waals surface area contributed by atoms with Crippen molar-refractivity contribution in [3.05, 3.63) is 157 Å². The maximum absolute atomic E-state index is 6.68. The number of allylic oxidation sites excluding steroid dienone is 2. The minimum Gasteiger partial charge on any atom is -0.497 e. The van der Waals surface area contributed by atoms with Crippen LogP contribution in [0.2, 0.25) is 0 Å². The molecule has 1 nitrogen and oxygen atoms in total. The molecule has 0 spiro atoms. The van der Waals surface area contributed by atoms with Crippen LogP contribution in [0.5, 0.6) is 5.75 Å². The summed E-state index contributed by atoms with van der Waals surface area (Å²) in [4.78, 5) is 0. The summed E-state index contributed by atoms with van der Waals surface area (Å²) in [6.07, 6.45) is 3.92. The molecule has 0 fully saturated rings. The molecule has 0 saturated heterocycles. The standard InChI is InChI=1S/C35H32OP2S2/c1-36-31-24-22-29(23-25-31)30(28-38(40,34-18-10-4-11-19-34)35-20-12-5-13-21-35)26-27-37(39,32-14-6-2-7-15-32)33-16-8-3-9-17-33/h2-26H,27-28H2,1H3/b30-26+. The molecule has 0 atom stereocenters. The van der Waals surface area contributed by atoms with Gasteiger partial charge in [0.2, 0.25) is 0 Å². The second-order valence-electron chi connectivity index (χ2n) is 9.62. The summed E-state index contributed by atoms with van der Waals surface area (Å²) in [5.74, 6) is 0.840. The Morgan fingerprint density at radius 3 is 1.30 bits per heavy atom. The fraction of sp³-hybridized carbons (Fsp3) is 0.0857. The molecule has 5 aromatic carbocycles. The van der Waals surface area contributed by atoms with E-state index in [0.29, 0.717) is 0 Å². The second-order valence-corrected chi connectivity index (χ2v) is 19.1. The fourth-order valence-corrected chi connectivity index (χ4v) is 12.3. The molecule has 0 aliphatic rings. The molecule has 0 bridgehead atoms. The minimum atomic E-state index is -2.18. The van der Waals surface area contributed by atoms with Crippen molar-refractivity contribution in [2.45, 2.75) is 0 Å². The van der Waals surface area contributed by atoms with Crippen molar-refractivity contribution in [2.75, 3.05) is 19.4 Å². The predicted octanol–water partition coefficient (Wildman–Crippen LogP) is 7.34. The summed E-state index contributed by atoms with van der Waals surface area (Å²) in [5, 5.41) is 4.90. The molecule has 5 heteroatoms. The molecule has 5 aromatic rings. The first-order valence-electron chi connectivity index (χ1n) is 13.3. The highest BCUT2D eigenvalue weighted by Gasteiger charge is 2.26. The molecule has 0 aliphatic heterocycles. The third kappa shape index (κ3) is 6.30. The van der Waals surface area contributed by atoms with Crippen LogP contribution in [0.3, 0.4) is 0 Å². The van der Waals surface area contributed by atoms with Gasteiger partial charge in [0.25, 0.3) is 0 Å². The van der Waals surface area contributed by atoms with Gasteiger partial charge >= 0.3 is 0 Å². The summed E-state index contributed by atoms with van der Waals surface area (Å²) in [7, 11) is 1.70. The van der Waals surface area contributed by atoms with E-state index >= 15 is 0 Å². The molecule has 40 heavy (non-hydrogen) atoms. The third-order valence-corrected chi connectivity index (χ3v) is 16.5. The fourth-order valence-electron chi connectivity index (χ4n) is 4.92. The number of hydrogen-bond acceptors (Lipinski definition) is 3. The topological polar surface area (TPSA) is 9.23 Å². The number of ether oxygens (including phenoxy) is 1. The van der Waals surface area contributed by atoms with E-state index in [1.807, 2.05) is 12.1 Å². The summed E-state index contributed by atoms with van der Waals surface area (Å²) in [5.41, 5.74) is 2.39. The van der Waals surface area contributed by atoms with E-state index in [4.69, 9.17) is 28.4 Å². The molecule has 0 amide bonds. The Labute approximate surface area is 248 Å². The summed E-state index contributed by atoms with van der Waals surface area (Å²) in [6, 6.07) is 46.6. The molecule has 0 radical (unpaired) electrons. The number of rotatable bonds is 10. The first-order valence-corrected chi connectivity index (χ1v) is 19.2. The van der Waals surface area contributed by atoms with Gasteiger partial charge in [-0.25, -0.2) is 0 Å². The number of methoxy groups -OCH3 is 1. The first kappa shape index (κ1) is 28.5. The Bertz CT molecular complexity index is 1560. The lowest BCUT2D eigenvalue weighted by molar-refractivity contribution is 0.415. The first-order chi connectivity index (χ1) is 19.5. The minimum absolute atomic E-state index is 0.765. The molecule has 0 aliphatic carbocycles. The van der Waals surface area contributed by atoms with E-state index in [1.54, 1.807) is 7.11 Å². The summed E-state index contributed by atoms with van der Waals surface area (Å²) < 4.78 is 5.47. The lowest BCUT2D eigenvalue weighted by atomic mass is 10.1. The molecular formula is C35H32OP2S2. The zero-order valence-corrected chi connectivity index (χ0v) is 25.9. The Kier molecular flexibility index (Phi) is 9.30. The zero-order chi connectivity index (χ0) is 27.8. The largest absolute Gasteiger partial charge is 0.497 e. The summed E-state index contributed by atoms with van der Waals surface area (Å²) in [6.45, 7) is 0. The van der Waals surface area contributed by atoms with E-state index in [1.165, 1.54) is 26.8 Å². The Balaban J connectivity index is 1.65. The zero-order valence-electron chi connectivity index (χ0n) is 22.5. The van der Waals surface area contributed by atoms with E-state index in [-0.39, 0.29) is 0 Å².